The molecule has 0 saturated heterocycles. The van der Waals surface area contributed by atoms with Crippen molar-refractivity contribution in [1.82, 2.24) is 15.6 Å². The van der Waals surface area contributed by atoms with E-state index >= 15 is 0 Å². The van der Waals surface area contributed by atoms with E-state index in [1.807, 2.05) is 43.3 Å². The molecule has 156 valence electrons. The van der Waals surface area contributed by atoms with Gasteiger partial charge < -0.3 is 20.1 Å². The molecule has 0 bridgehead atoms. The minimum absolute atomic E-state index is 0.248. The Kier molecular flexibility index (Phi) is 7.60. The summed E-state index contributed by atoms with van der Waals surface area (Å²) >= 11 is 0. The summed E-state index contributed by atoms with van der Waals surface area (Å²) in [4.78, 5) is 8.48. The van der Waals surface area contributed by atoms with Gasteiger partial charge in [-0.1, -0.05) is 12.1 Å². The van der Waals surface area contributed by atoms with Gasteiger partial charge in [-0.15, -0.1) is 0 Å². The van der Waals surface area contributed by atoms with Gasteiger partial charge in [0.2, 0.25) is 5.88 Å². The van der Waals surface area contributed by atoms with Crippen LogP contribution in [0.25, 0.3) is 0 Å². The van der Waals surface area contributed by atoms with E-state index in [2.05, 4.69) is 20.6 Å². The lowest BCUT2D eigenvalue weighted by atomic mass is 10.2. The topological polar surface area (TPSA) is 67.8 Å². The molecule has 3 rings (SSSR count). The maximum absolute atomic E-state index is 13.0. The van der Waals surface area contributed by atoms with Crippen molar-refractivity contribution in [3.05, 3.63) is 83.8 Å². The molecule has 2 aromatic carbocycles. The van der Waals surface area contributed by atoms with Crippen LogP contribution in [0.2, 0.25) is 0 Å². The zero-order valence-electron chi connectivity index (χ0n) is 17.1. The van der Waals surface area contributed by atoms with E-state index in [0.717, 1.165) is 16.9 Å². The quantitative estimate of drug-likeness (QED) is 0.430. The molecule has 7 heteroatoms. The second-order valence-electron chi connectivity index (χ2n) is 6.41. The third-order valence-corrected chi connectivity index (χ3v) is 4.21. The highest BCUT2D eigenvalue weighted by Crippen LogP contribution is 2.23. The highest BCUT2D eigenvalue weighted by molar-refractivity contribution is 5.79. The number of ether oxygens (including phenoxy) is 2. The van der Waals surface area contributed by atoms with Crippen LogP contribution in [0.1, 0.15) is 18.1 Å². The molecule has 1 aromatic heterocycles. The number of hydrogen-bond acceptors (Lipinski definition) is 4. The number of benzene rings is 2. The van der Waals surface area contributed by atoms with Crippen LogP contribution < -0.4 is 20.1 Å². The lowest BCUT2D eigenvalue weighted by molar-refractivity contribution is 0.339. The molecular weight excluding hydrogens is 383 g/mol. The minimum atomic E-state index is -0.248. The van der Waals surface area contributed by atoms with Gasteiger partial charge in [0.05, 0.1) is 6.61 Å². The predicted molar refractivity (Wildman–Crippen MR) is 115 cm³/mol. The van der Waals surface area contributed by atoms with E-state index in [0.29, 0.717) is 37.3 Å². The summed E-state index contributed by atoms with van der Waals surface area (Å²) in [6.07, 6.45) is 1.70. The Morgan fingerprint density at radius 3 is 2.27 bits per heavy atom. The largest absolute Gasteiger partial charge is 0.494 e. The standard InChI is InChI=1S/C23H25FN4O2/c1-3-29-20-8-10-21(11-9-20)30-22-14-18(12-13-26-22)16-28-23(25-2)27-15-17-4-6-19(24)7-5-17/h4-14H,3,15-16H2,1-2H3,(H2,25,27,28). The molecule has 0 amide bonds. The van der Waals surface area contributed by atoms with Crippen molar-refractivity contribution in [2.24, 2.45) is 4.99 Å². The van der Waals surface area contributed by atoms with Crippen LogP contribution in [0.3, 0.4) is 0 Å². The number of hydrogen-bond donors (Lipinski definition) is 2. The first-order chi connectivity index (χ1) is 14.7. The van der Waals surface area contributed by atoms with Gasteiger partial charge >= 0.3 is 0 Å². The van der Waals surface area contributed by atoms with Gasteiger partial charge in [-0.3, -0.25) is 4.99 Å². The molecule has 0 radical (unpaired) electrons. The van der Waals surface area contributed by atoms with Crippen LogP contribution in [0.15, 0.2) is 71.9 Å². The smallest absolute Gasteiger partial charge is 0.219 e. The number of nitrogens with zero attached hydrogens (tertiary/aromatic N) is 2. The van der Waals surface area contributed by atoms with Crippen LogP contribution in [0, 0.1) is 5.82 Å². The summed E-state index contributed by atoms with van der Waals surface area (Å²) in [5.41, 5.74) is 1.96. The first-order valence-electron chi connectivity index (χ1n) is 9.71. The lowest BCUT2D eigenvalue weighted by Crippen LogP contribution is -2.36. The molecule has 0 fully saturated rings. The van der Waals surface area contributed by atoms with E-state index in [1.54, 1.807) is 25.4 Å². The number of nitrogens with one attached hydrogen (secondary N) is 2. The van der Waals surface area contributed by atoms with Gasteiger partial charge in [-0.05, 0) is 60.5 Å². The third kappa shape index (κ3) is 6.48. The Morgan fingerprint density at radius 1 is 0.933 bits per heavy atom. The number of pyridine rings is 1. The van der Waals surface area contributed by atoms with Crippen molar-refractivity contribution in [2.75, 3.05) is 13.7 Å². The Balaban J connectivity index is 1.52. The van der Waals surface area contributed by atoms with E-state index < -0.39 is 0 Å². The van der Waals surface area contributed by atoms with Crippen molar-refractivity contribution in [1.29, 1.82) is 0 Å². The van der Waals surface area contributed by atoms with Crippen LogP contribution in [0.4, 0.5) is 4.39 Å². The van der Waals surface area contributed by atoms with Crippen LogP contribution in [-0.4, -0.2) is 24.6 Å². The molecule has 0 saturated carbocycles. The molecule has 1 heterocycles. The Bertz CT molecular complexity index is 960. The fourth-order valence-corrected chi connectivity index (χ4v) is 2.70. The van der Waals surface area contributed by atoms with Gasteiger partial charge in [0.25, 0.3) is 0 Å². The number of halogens is 1. The molecule has 6 nitrogen and oxygen atoms in total. The first-order valence-corrected chi connectivity index (χ1v) is 9.71. The van der Waals surface area contributed by atoms with Gasteiger partial charge in [0, 0.05) is 32.4 Å². The molecule has 0 aliphatic rings. The maximum atomic E-state index is 13.0. The molecule has 0 atom stereocenters. The summed E-state index contributed by atoms with van der Waals surface area (Å²) in [5, 5.41) is 6.45. The van der Waals surface area contributed by atoms with Gasteiger partial charge in [-0.2, -0.15) is 0 Å². The normalized spacial score (nSPS) is 11.1. The minimum Gasteiger partial charge on any atom is -0.494 e. The highest BCUT2D eigenvalue weighted by atomic mass is 19.1. The van der Waals surface area contributed by atoms with E-state index in [1.165, 1.54) is 12.1 Å². The summed E-state index contributed by atoms with van der Waals surface area (Å²) in [7, 11) is 1.70. The number of rotatable bonds is 8. The van der Waals surface area contributed by atoms with E-state index in [4.69, 9.17) is 9.47 Å². The Labute approximate surface area is 175 Å². The van der Waals surface area contributed by atoms with Crippen molar-refractivity contribution in [3.8, 4) is 17.4 Å². The number of aliphatic imine (C=N–C) groups is 1. The molecule has 0 spiro atoms. The van der Waals surface area contributed by atoms with Crippen LogP contribution in [-0.2, 0) is 13.1 Å². The first kappa shape index (κ1) is 21.1. The number of guanidine groups is 1. The Hall–Kier alpha value is -3.61. The van der Waals surface area contributed by atoms with Gasteiger partial charge in [-0.25, -0.2) is 9.37 Å². The second kappa shape index (κ2) is 10.8. The molecule has 0 aliphatic heterocycles. The fourth-order valence-electron chi connectivity index (χ4n) is 2.70. The zero-order valence-corrected chi connectivity index (χ0v) is 17.1. The summed E-state index contributed by atoms with van der Waals surface area (Å²) in [6, 6.07) is 17.6. The van der Waals surface area contributed by atoms with Crippen molar-refractivity contribution in [3.63, 3.8) is 0 Å². The lowest BCUT2D eigenvalue weighted by Gasteiger charge is -2.13. The highest BCUT2D eigenvalue weighted by Gasteiger charge is 2.04. The average molecular weight is 408 g/mol. The molecular formula is C23H25FN4O2. The van der Waals surface area contributed by atoms with Crippen LogP contribution in [0.5, 0.6) is 17.4 Å². The van der Waals surface area contributed by atoms with Gasteiger partial charge in [0.15, 0.2) is 5.96 Å². The van der Waals surface area contributed by atoms with E-state index in [-0.39, 0.29) is 5.82 Å². The van der Waals surface area contributed by atoms with Crippen molar-refractivity contribution < 1.29 is 13.9 Å². The third-order valence-electron chi connectivity index (χ3n) is 4.21. The monoisotopic (exact) mass is 408 g/mol. The average Bonchev–Trinajstić information content (AvgIpc) is 2.77. The van der Waals surface area contributed by atoms with Crippen molar-refractivity contribution in [2.45, 2.75) is 20.0 Å². The Morgan fingerprint density at radius 2 is 1.60 bits per heavy atom. The number of aromatic nitrogens is 1. The molecule has 0 aliphatic carbocycles. The van der Waals surface area contributed by atoms with Crippen LogP contribution >= 0.6 is 0 Å². The predicted octanol–water partition coefficient (Wildman–Crippen LogP) is 4.28. The van der Waals surface area contributed by atoms with Crippen molar-refractivity contribution >= 4 is 5.96 Å². The molecule has 2 N–H and O–H groups in total. The second-order valence-corrected chi connectivity index (χ2v) is 6.41. The summed E-state index contributed by atoms with van der Waals surface area (Å²) in [6.45, 7) is 3.66. The van der Waals surface area contributed by atoms with E-state index in [9.17, 15) is 4.39 Å². The zero-order chi connectivity index (χ0) is 21.2. The summed E-state index contributed by atoms with van der Waals surface area (Å²) in [5.74, 6) is 2.39. The fraction of sp³-hybridized carbons (Fsp3) is 0.217. The molecule has 0 unspecified atom stereocenters. The maximum Gasteiger partial charge on any atom is 0.219 e. The SMILES string of the molecule is CCOc1ccc(Oc2cc(CNC(=NC)NCc3ccc(F)cc3)ccn2)cc1. The van der Waals surface area contributed by atoms with Gasteiger partial charge in [0.1, 0.15) is 17.3 Å². The molecule has 30 heavy (non-hydrogen) atoms. The molecule has 3 aromatic rings. The summed E-state index contributed by atoms with van der Waals surface area (Å²) < 4.78 is 24.3.